The van der Waals surface area contributed by atoms with E-state index in [0.29, 0.717) is 31.4 Å². The third kappa shape index (κ3) is 5.56. The SMILES string of the molecule is CCNC(=NCC(C)(O)c1ccc(C)o1)NCCNC(=O)C1CC1. The number of aliphatic imine (C=N–C) groups is 1. The lowest BCUT2D eigenvalue weighted by Gasteiger charge is -2.19. The monoisotopic (exact) mass is 336 g/mol. The molecule has 0 aliphatic heterocycles. The van der Waals surface area contributed by atoms with E-state index in [1.54, 1.807) is 13.0 Å². The molecule has 0 saturated heterocycles. The number of aliphatic hydroxyl groups is 1. The molecule has 1 aliphatic carbocycles. The predicted octanol–water partition coefficient (Wildman–Crippen LogP) is 0.877. The van der Waals surface area contributed by atoms with E-state index >= 15 is 0 Å². The molecule has 0 aromatic carbocycles. The van der Waals surface area contributed by atoms with E-state index in [2.05, 4.69) is 20.9 Å². The Morgan fingerprint density at radius 2 is 2.04 bits per heavy atom. The van der Waals surface area contributed by atoms with Crippen LogP contribution in [0.3, 0.4) is 0 Å². The molecule has 1 aliphatic rings. The Balaban J connectivity index is 1.81. The van der Waals surface area contributed by atoms with E-state index in [-0.39, 0.29) is 18.4 Å². The molecule has 1 saturated carbocycles. The first kappa shape index (κ1) is 18.3. The number of hydrogen-bond acceptors (Lipinski definition) is 4. The van der Waals surface area contributed by atoms with Gasteiger partial charge in [-0.2, -0.15) is 0 Å². The van der Waals surface area contributed by atoms with Crippen molar-refractivity contribution in [2.45, 2.75) is 39.2 Å². The van der Waals surface area contributed by atoms with Gasteiger partial charge >= 0.3 is 0 Å². The van der Waals surface area contributed by atoms with Crippen LogP contribution in [0.25, 0.3) is 0 Å². The minimum absolute atomic E-state index is 0.134. The fourth-order valence-corrected chi connectivity index (χ4v) is 2.23. The molecule has 7 nitrogen and oxygen atoms in total. The smallest absolute Gasteiger partial charge is 0.223 e. The van der Waals surface area contributed by atoms with Gasteiger partial charge in [0.05, 0.1) is 6.54 Å². The molecule has 0 radical (unpaired) electrons. The summed E-state index contributed by atoms with van der Waals surface area (Å²) in [6, 6.07) is 3.58. The normalized spacial score (nSPS) is 17.2. The van der Waals surface area contributed by atoms with Crippen molar-refractivity contribution in [2.75, 3.05) is 26.2 Å². The van der Waals surface area contributed by atoms with Gasteiger partial charge in [-0.1, -0.05) is 0 Å². The second-order valence-corrected chi connectivity index (χ2v) is 6.37. The first-order valence-corrected chi connectivity index (χ1v) is 8.51. The second kappa shape index (κ2) is 8.19. The van der Waals surface area contributed by atoms with Crippen LogP contribution in [0.15, 0.2) is 21.5 Å². The lowest BCUT2D eigenvalue weighted by molar-refractivity contribution is -0.122. The molecular formula is C17H28N4O3. The maximum Gasteiger partial charge on any atom is 0.223 e. The second-order valence-electron chi connectivity index (χ2n) is 6.37. The number of rotatable bonds is 8. The quantitative estimate of drug-likeness (QED) is 0.321. The largest absolute Gasteiger partial charge is 0.463 e. The van der Waals surface area contributed by atoms with Gasteiger partial charge in [0.2, 0.25) is 5.91 Å². The summed E-state index contributed by atoms with van der Waals surface area (Å²) in [4.78, 5) is 16.0. The molecule has 134 valence electrons. The van der Waals surface area contributed by atoms with E-state index in [1.165, 1.54) is 0 Å². The van der Waals surface area contributed by atoms with E-state index in [9.17, 15) is 9.90 Å². The van der Waals surface area contributed by atoms with Gasteiger partial charge in [0.15, 0.2) is 5.96 Å². The Morgan fingerprint density at radius 1 is 1.33 bits per heavy atom. The highest BCUT2D eigenvalue weighted by molar-refractivity contribution is 5.81. The Hall–Kier alpha value is -2.02. The number of nitrogens with one attached hydrogen (secondary N) is 3. The highest BCUT2D eigenvalue weighted by atomic mass is 16.4. The van der Waals surface area contributed by atoms with Crippen molar-refractivity contribution in [1.82, 2.24) is 16.0 Å². The van der Waals surface area contributed by atoms with Crippen LogP contribution < -0.4 is 16.0 Å². The summed E-state index contributed by atoms with van der Waals surface area (Å²) in [6.07, 6.45) is 2.01. The molecule has 0 spiro atoms. The third-order valence-electron chi connectivity index (χ3n) is 3.83. The molecule has 24 heavy (non-hydrogen) atoms. The van der Waals surface area contributed by atoms with Crippen molar-refractivity contribution in [3.63, 3.8) is 0 Å². The molecule has 1 aromatic heterocycles. The van der Waals surface area contributed by atoms with Crippen LogP contribution in [0.4, 0.5) is 0 Å². The van der Waals surface area contributed by atoms with Crippen molar-refractivity contribution in [2.24, 2.45) is 10.9 Å². The molecule has 0 bridgehead atoms. The minimum atomic E-state index is -1.17. The fourth-order valence-electron chi connectivity index (χ4n) is 2.23. The van der Waals surface area contributed by atoms with Gasteiger partial charge < -0.3 is 25.5 Å². The molecule has 1 fully saturated rings. The molecule has 1 heterocycles. The molecule has 4 N–H and O–H groups in total. The molecule has 1 unspecified atom stereocenters. The summed E-state index contributed by atoms with van der Waals surface area (Å²) >= 11 is 0. The van der Waals surface area contributed by atoms with Crippen LogP contribution in [0, 0.1) is 12.8 Å². The van der Waals surface area contributed by atoms with E-state index in [0.717, 1.165) is 18.6 Å². The number of amides is 1. The number of aryl methyl sites for hydroxylation is 1. The maximum absolute atomic E-state index is 11.6. The summed E-state index contributed by atoms with van der Waals surface area (Å²) in [6.45, 7) is 7.49. The number of nitrogens with zero attached hydrogens (tertiary/aromatic N) is 1. The third-order valence-corrected chi connectivity index (χ3v) is 3.83. The zero-order valence-electron chi connectivity index (χ0n) is 14.7. The first-order chi connectivity index (χ1) is 11.4. The van der Waals surface area contributed by atoms with Crippen LogP contribution in [-0.2, 0) is 10.4 Å². The van der Waals surface area contributed by atoms with Gasteiger partial charge in [-0.3, -0.25) is 4.79 Å². The number of furan rings is 1. The van der Waals surface area contributed by atoms with Crippen molar-refractivity contribution < 1.29 is 14.3 Å². The van der Waals surface area contributed by atoms with Crippen LogP contribution >= 0.6 is 0 Å². The van der Waals surface area contributed by atoms with E-state index in [1.807, 2.05) is 19.9 Å². The summed E-state index contributed by atoms with van der Waals surface area (Å²) in [5, 5.41) is 19.7. The molecule has 7 heteroatoms. The van der Waals surface area contributed by atoms with Crippen molar-refractivity contribution in [1.29, 1.82) is 0 Å². The summed E-state index contributed by atoms with van der Waals surface area (Å²) < 4.78 is 5.49. The Morgan fingerprint density at radius 3 is 2.62 bits per heavy atom. The van der Waals surface area contributed by atoms with Crippen LogP contribution in [0.2, 0.25) is 0 Å². The number of hydrogen-bond donors (Lipinski definition) is 4. The van der Waals surface area contributed by atoms with Gasteiger partial charge in [0.25, 0.3) is 0 Å². The van der Waals surface area contributed by atoms with Crippen LogP contribution in [0.1, 0.15) is 38.2 Å². The molecule has 1 atom stereocenters. The van der Waals surface area contributed by atoms with Crippen molar-refractivity contribution in [3.8, 4) is 0 Å². The lowest BCUT2D eigenvalue weighted by atomic mass is 10.0. The lowest BCUT2D eigenvalue weighted by Crippen LogP contribution is -2.42. The fraction of sp³-hybridized carbons (Fsp3) is 0.647. The van der Waals surface area contributed by atoms with Crippen molar-refractivity contribution in [3.05, 3.63) is 23.7 Å². The van der Waals surface area contributed by atoms with Crippen LogP contribution in [0.5, 0.6) is 0 Å². The topological polar surface area (TPSA) is 98.9 Å². The van der Waals surface area contributed by atoms with Gasteiger partial charge in [-0.05, 0) is 45.7 Å². The summed E-state index contributed by atoms with van der Waals surface area (Å²) in [5.41, 5.74) is -1.17. The predicted molar refractivity (Wildman–Crippen MR) is 92.7 cm³/mol. The summed E-state index contributed by atoms with van der Waals surface area (Å²) in [5.74, 6) is 2.21. The van der Waals surface area contributed by atoms with E-state index < -0.39 is 5.60 Å². The Labute approximate surface area is 142 Å². The first-order valence-electron chi connectivity index (χ1n) is 8.51. The van der Waals surface area contributed by atoms with Crippen LogP contribution in [-0.4, -0.2) is 43.2 Å². The number of carbonyl (C=O) groups is 1. The maximum atomic E-state index is 11.6. The molecule has 1 amide bonds. The zero-order chi connectivity index (χ0) is 17.6. The molecule has 2 rings (SSSR count). The Kier molecular flexibility index (Phi) is 6.25. The van der Waals surface area contributed by atoms with Crippen molar-refractivity contribution >= 4 is 11.9 Å². The summed E-state index contributed by atoms with van der Waals surface area (Å²) in [7, 11) is 0. The number of guanidine groups is 1. The van der Waals surface area contributed by atoms with Gasteiger partial charge in [-0.25, -0.2) is 4.99 Å². The highest BCUT2D eigenvalue weighted by Crippen LogP contribution is 2.28. The minimum Gasteiger partial charge on any atom is -0.463 e. The molecular weight excluding hydrogens is 308 g/mol. The van der Waals surface area contributed by atoms with Gasteiger partial charge in [-0.15, -0.1) is 0 Å². The zero-order valence-corrected chi connectivity index (χ0v) is 14.7. The van der Waals surface area contributed by atoms with Gasteiger partial charge in [0, 0.05) is 25.6 Å². The van der Waals surface area contributed by atoms with Gasteiger partial charge in [0.1, 0.15) is 17.1 Å². The average Bonchev–Trinajstić information content (AvgIpc) is 3.30. The molecule has 1 aromatic rings. The number of carbonyl (C=O) groups excluding carboxylic acids is 1. The standard InChI is InChI=1S/C17H28N4O3/c1-4-18-16(20-10-9-19-15(22)13-6-7-13)21-11-17(3,23)14-8-5-12(2)24-14/h5,8,13,23H,4,6-7,9-11H2,1-3H3,(H,19,22)(H2,18,20,21). The highest BCUT2D eigenvalue weighted by Gasteiger charge is 2.29. The average molecular weight is 336 g/mol. The Bertz CT molecular complexity index is 576. The van der Waals surface area contributed by atoms with E-state index in [4.69, 9.17) is 4.42 Å².